The fourth-order valence-electron chi connectivity index (χ4n) is 3.28. The first-order valence-corrected chi connectivity index (χ1v) is 9.71. The van der Waals surface area contributed by atoms with Gasteiger partial charge in [-0.2, -0.15) is 0 Å². The van der Waals surface area contributed by atoms with Crippen molar-refractivity contribution in [3.05, 3.63) is 0 Å². The van der Waals surface area contributed by atoms with E-state index >= 15 is 0 Å². The van der Waals surface area contributed by atoms with Crippen LogP contribution in [0.15, 0.2) is 4.99 Å². The molecule has 7 heteroatoms. The van der Waals surface area contributed by atoms with E-state index < -0.39 is 0 Å². The minimum absolute atomic E-state index is 0. The summed E-state index contributed by atoms with van der Waals surface area (Å²) in [5, 5.41) is 6.77. The van der Waals surface area contributed by atoms with Crippen LogP contribution in [0.4, 0.5) is 0 Å². The van der Waals surface area contributed by atoms with Gasteiger partial charge in [-0.05, 0) is 51.1 Å². The summed E-state index contributed by atoms with van der Waals surface area (Å²) in [6.07, 6.45) is 7.39. The average Bonchev–Trinajstić information content (AvgIpc) is 2.64. The lowest BCUT2D eigenvalue weighted by Crippen LogP contribution is -2.43. The first-order valence-electron chi connectivity index (χ1n) is 9.71. The molecular weight excluding hydrogens is 431 g/mol. The van der Waals surface area contributed by atoms with E-state index in [1.165, 1.54) is 32.4 Å². The molecule has 0 bridgehead atoms. The molecular formula is C18H37IN4O2. The van der Waals surface area contributed by atoms with Crippen LogP contribution in [0, 0.1) is 5.92 Å². The van der Waals surface area contributed by atoms with Gasteiger partial charge in [-0.3, -0.25) is 4.99 Å². The lowest BCUT2D eigenvalue weighted by molar-refractivity contribution is 0.0203. The molecule has 2 aliphatic rings. The predicted molar refractivity (Wildman–Crippen MR) is 114 cm³/mol. The number of nitrogens with one attached hydrogen (secondary N) is 2. The van der Waals surface area contributed by atoms with Gasteiger partial charge in [0.25, 0.3) is 0 Å². The van der Waals surface area contributed by atoms with Gasteiger partial charge >= 0.3 is 0 Å². The molecule has 0 aromatic carbocycles. The van der Waals surface area contributed by atoms with Crippen molar-refractivity contribution in [2.24, 2.45) is 10.9 Å². The van der Waals surface area contributed by atoms with Gasteiger partial charge in [0.05, 0.1) is 0 Å². The normalized spacial score (nSPS) is 20.1. The summed E-state index contributed by atoms with van der Waals surface area (Å²) in [7, 11) is 1.83. The average molecular weight is 468 g/mol. The van der Waals surface area contributed by atoms with Crippen LogP contribution in [-0.4, -0.2) is 77.1 Å². The SMILES string of the molecule is CN=C(NCCCOCC1CCOCC1)NCCN1CCCCC1.I. The van der Waals surface area contributed by atoms with Gasteiger partial charge in [0.1, 0.15) is 0 Å². The first kappa shape index (κ1) is 22.9. The van der Waals surface area contributed by atoms with E-state index in [4.69, 9.17) is 9.47 Å². The zero-order chi connectivity index (χ0) is 16.9. The summed E-state index contributed by atoms with van der Waals surface area (Å²) in [6, 6.07) is 0. The summed E-state index contributed by atoms with van der Waals surface area (Å²) in [4.78, 5) is 6.82. The van der Waals surface area contributed by atoms with Crippen LogP contribution in [0.1, 0.15) is 38.5 Å². The van der Waals surface area contributed by atoms with Crippen LogP contribution >= 0.6 is 24.0 Å². The maximum atomic E-state index is 5.79. The van der Waals surface area contributed by atoms with Crippen molar-refractivity contribution in [2.45, 2.75) is 38.5 Å². The molecule has 2 aliphatic heterocycles. The van der Waals surface area contributed by atoms with E-state index in [1.54, 1.807) is 0 Å². The van der Waals surface area contributed by atoms with Gasteiger partial charge in [0.15, 0.2) is 5.96 Å². The van der Waals surface area contributed by atoms with Crippen LogP contribution in [0.5, 0.6) is 0 Å². The Balaban J connectivity index is 0.00000312. The summed E-state index contributed by atoms with van der Waals surface area (Å²) in [5.74, 6) is 1.59. The van der Waals surface area contributed by atoms with Gasteiger partial charge in [0.2, 0.25) is 0 Å². The lowest BCUT2D eigenvalue weighted by Gasteiger charge is -2.26. The highest BCUT2D eigenvalue weighted by molar-refractivity contribution is 14.0. The third-order valence-electron chi connectivity index (χ3n) is 4.85. The molecule has 25 heavy (non-hydrogen) atoms. The van der Waals surface area contributed by atoms with Crippen LogP contribution in [0.3, 0.4) is 0 Å². The predicted octanol–water partition coefficient (Wildman–Crippen LogP) is 2.09. The van der Waals surface area contributed by atoms with Crippen molar-refractivity contribution in [1.82, 2.24) is 15.5 Å². The summed E-state index contributed by atoms with van der Waals surface area (Å²) in [5.41, 5.74) is 0. The van der Waals surface area contributed by atoms with E-state index in [0.29, 0.717) is 5.92 Å². The molecule has 0 aromatic heterocycles. The minimum atomic E-state index is 0. The molecule has 2 fully saturated rings. The molecule has 2 heterocycles. The molecule has 2 N–H and O–H groups in total. The number of halogens is 1. The molecule has 0 atom stereocenters. The Morgan fingerprint density at radius 1 is 1.12 bits per heavy atom. The van der Waals surface area contributed by atoms with E-state index in [2.05, 4.69) is 20.5 Å². The van der Waals surface area contributed by atoms with Crippen molar-refractivity contribution >= 4 is 29.9 Å². The number of hydrogen-bond acceptors (Lipinski definition) is 4. The van der Waals surface area contributed by atoms with Crippen molar-refractivity contribution in [2.75, 3.05) is 66.2 Å². The first-order chi connectivity index (χ1) is 11.9. The quantitative estimate of drug-likeness (QED) is 0.235. The number of ether oxygens (including phenoxy) is 2. The molecule has 0 unspecified atom stereocenters. The maximum absolute atomic E-state index is 5.79. The highest BCUT2D eigenvalue weighted by Crippen LogP contribution is 2.14. The number of likely N-dealkylation sites (tertiary alicyclic amines) is 1. The fourth-order valence-corrected chi connectivity index (χ4v) is 3.28. The molecule has 0 spiro atoms. The number of aliphatic imine (C=N–C) groups is 1. The monoisotopic (exact) mass is 468 g/mol. The number of rotatable bonds is 9. The molecule has 0 saturated carbocycles. The third-order valence-corrected chi connectivity index (χ3v) is 4.85. The number of piperidine rings is 1. The third kappa shape index (κ3) is 10.6. The van der Waals surface area contributed by atoms with Gasteiger partial charge in [-0.1, -0.05) is 6.42 Å². The number of hydrogen-bond donors (Lipinski definition) is 2. The second-order valence-electron chi connectivity index (χ2n) is 6.81. The minimum Gasteiger partial charge on any atom is -0.381 e. The zero-order valence-electron chi connectivity index (χ0n) is 15.8. The Bertz CT molecular complexity index is 346. The highest BCUT2D eigenvalue weighted by Gasteiger charge is 2.13. The Morgan fingerprint density at radius 3 is 2.56 bits per heavy atom. The number of guanidine groups is 1. The van der Waals surface area contributed by atoms with Gasteiger partial charge in [-0.15, -0.1) is 24.0 Å². The topological polar surface area (TPSA) is 58.1 Å². The second-order valence-corrected chi connectivity index (χ2v) is 6.81. The molecule has 6 nitrogen and oxygen atoms in total. The second kappa shape index (κ2) is 15.0. The Labute approximate surface area is 170 Å². The van der Waals surface area contributed by atoms with Gasteiger partial charge in [-0.25, -0.2) is 0 Å². The number of nitrogens with zero attached hydrogens (tertiary/aromatic N) is 2. The van der Waals surface area contributed by atoms with E-state index in [0.717, 1.165) is 71.3 Å². The zero-order valence-corrected chi connectivity index (χ0v) is 18.1. The molecule has 148 valence electrons. The standard InChI is InChI=1S/C18H36N4O2.HI/c1-19-18(21-9-12-22-10-3-2-4-11-22)20-8-5-13-24-16-17-6-14-23-15-7-17;/h17H,2-16H2,1H3,(H2,19,20,21);1H. The van der Waals surface area contributed by atoms with Crippen molar-refractivity contribution in [3.63, 3.8) is 0 Å². The molecule has 2 saturated heterocycles. The van der Waals surface area contributed by atoms with Crippen LogP contribution in [0.2, 0.25) is 0 Å². The lowest BCUT2D eigenvalue weighted by atomic mass is 10.0. The smallest absolute Gasteiger partial charge is 0.191 e. The molecule has 0 aliphatic carbocycles. The van der Waals surface area contributed by atoms with Crippen LogP contribution < -0.4 is 10.6 Å². The van der Waals surface area contributed by atoms with E-state index in [-0.39, 0.29) is 24.0 Å². The molecule has 0 radical (unpaired) electrons. The highest BCUT2D eigenvalue weighted by atomic mass is 127. The van der Waals surface area contributed by atoms with Crippen molar-refractivity contribution in [1.29, 1.82) is 0 Å². The Morgan fingerprint density at radius 2 is 1.84 bits per heavy atom. The molecule has 0 aromatic rings. The Hall–Kier alpha value is -0.120. The van der Waals surface area contributed by atoms with E-state index in [1.807, 2.05) is 7.05 Å². The summed E-state index contributed by atoms with van der Waals surface area (Å²) in [6.45, 7) is 8.95. The Kier molecular flexibility index (Phi) is 13.7. The molecule has 2 rings (SSSR count). The maximum Gasteiger partial charge on any atom is 0.191 e. The van der Waals surface area contributed by atoms with Gasteiger partial charge in [0, 0.05) is 53.1 Å². The van der Waals surface area contributed by atoms with E-state index in [9.17, 15) is 0 Å². The fraction of sp³-hybridized carbons (Fsp3) is 0.944. The summed E-state index contributed by atoms with van der Waals surface area (Å²) < 4.78 is 11.2. The molecule has 0 amide bonds. The van der Waals surface area contributed by atoms with Crippen LogP contribution in [0.25, 0.3) is 0 Å². The van der Waals surface area contributed by atoms with Gasteiger partial charge < -0.3 is 25.0 Å². The van der Waals surface area contributed by atoms with Crippen molar-refractivity contribution < 1.29 is 9.47 Å². The van der Waals surface area contributed by atoms with Crippen molar-refractivity contribution in [3.8, 4) is 0 Å². The van der Waals surface area contributed by atoms with Crippen LogP contribution in [-0.2, 0) is 9.47 Å². The summed E-state index contributed by atoms with van der Waals surface area (Å²) >= 11 is 0. The largest absolute Gasteiger partial charge is 0.381 e.